The molecule has 33 heavy (non-hydrogen) atoms. The fourth-order valence-electron chi connectivity index (χ4n) is 3.20. The summed E-state index contributed by atoms with van der Waals surface area (Å²) in [7, 11) is 0. The second kappa shape index (κ2) is 8.38. The van der Waals surface area contributed by atoms with E-state index >= 15 is 0 Å². The third-order valence-corrected chi connectivity index (χ3v) is 4.76. The second-order valence-electron chi connectivity index (χ2n) is 7.01. The first kappa shape index (κ1) is 24.0. The van der Waals surface area contributed by atoms with Crippen LogP contribution in [0.25, 0.3) is 5.52 Å². The maximum Gasteiger partial charge on any atom is 0.416 e. The summed E-state index contributed by atoms with van der Waals surface area (Å²) < 4.78 is 85.2. The van der Waals surface area contributed by atoms with Gasteiger partial charge in [-0.3, -0.25) is 9.59 Å². The molecule has 0 aliphatic carbocycles. The van der Waals surface area contributed by atoms with E-state index in [1.165, 1.54) is 32.2 Å². The Morgan fingerprint density at radius 2 is 1.45 bits per heavy atom. The van der Waals surface area contributed by atoms with Crippen LogP contribution in [0.1, 0.15) is 61.7 Å². The highest BCUT2D eigenvalue weighted by Gasteiger charge is 2.38. The number of Topliss-reactive ketones (excluding diaryl/α,β-unsaturated/α-hetero) is 1. The fraction of sp³-hybridized carbons (Fsp3) is 0.227. The number of fused-ring (bicyclic) bond motifs is 1. The van der Waals surface area contributed by atoms with Gasteiger partial charge < -0.3 is 9.14 Å². The van der Waals surface area contributed by atoms with Crippen LogP contribution in [0.5, 0.6) is 0 Å². The van der Waals surface area contributed by atoms with Crippen molar-refractivity contribution in [2.24, 2.45) is 0 Å². The molecule has 11 heteroatoms. The van der Waals surface area contributed by atoms with Crippen molar-refractivity contribution >= 4 is 23.1 Å². The Kier molecular flexibility index (Phi) is 6.10. The molecule has 0 bridgehead atoms. The summed E-state index contributed by atoms with van der Waals surface area (Å²) in [6, 6.07) is 4.12. The highest BCUT2D eigenvalue weighted by molar-refractivity contribution is 6.12. The number of halogens is 6. The van der Waals surface area contributed by atoms with Gasteiger partial charge in [0.1, 0.15) is 0 Å². The van der Waals surface area contributed by atoms with E-state index in [2.05, 4.69) is 0 Å². The zero-order valence-corrected chi connectivity index (χ0v) is 17.1. The number of esters is 1. The molecule has 5 nitrogen and oxygen atoms in total. The Morgan fingerprint density at radius 3 is 1.94 bits per heavy atom. The number of ketones is 2. The van der Waals surface area contributed by atoms with Crippen molar-refractivity contribution in [2.75, 3.05) is 6.61 Å². The Balaban J connectivity index is 2.26. The summed E-state index contributed by atoms with van der Waals surface area (Å²) in [5, 5.41) is 0. The van der Waals surface area contributed by atoms with Gasteiger partial charge in [-0.05, 0) is 50.2 Å². The van der Waals surface area contributed by atoms with Crippen molar-refractivity contribution in [3.05, 3.63) is 76.1 Å². The van der Waals surface area contributed by atoms with Crippen LogP contribution in [0.2, 0.25) is 0 Å². The second-order valence-corrected chi connectivity index (χ2v) is 7.01. The third-order valence-electron chi connectivity index (χ3n) is 4.76. The summed E-state index contributed by atoms with van der Waals surface area (Å²) in [6.45, 7) is 2.74. The standard InChI is InChI=1S/C22H15F6NO4/c1-3-33-20(32)16-10-18(29-5-4-12(11(2)30)8-17(16)29)19(31)13-6-14(21(23,24)25)9-15(7-13)22(26,27)28/h4-10H,3H2,1-2H3. The van der Waals surface area contributed by atoms with E-state index in [4.69, 9.17) is 4.74 Å². The molecule has 3 aromatic rings. The minimum atomic E-state index is -5.13. The molecule has 0 radical (unpaired) electrons. The van der Waals surface area contributed by atoms with Crippen LogP contribution in [0.15, 0.2) is 42.6 Å². The quantitative estimate of drug-likeness (QED) is 0.277. The molecule has 2 aromatic heterocycles. The van der Waals surface area contributed by atoms with Gasteiger partial charge >= 0.3 is 18.3 Å². The summed E-state index contributed by atoms with van der Waals surface area (Å²) >= 11 is 0. The summed E-state index contributed by atoms with van der Waals surface area (Å²) in [5.41, 5.74) is -4.52. The number of aromatic nitrogens is 1. The molecular formula is C22H15F6NO4. The lowest BCUT2D eigenvalue weighted by Crippen LogP contribution is -2.14. The number of carbonyl (C=O) groups is 3. The smallest absolute Gasteiger partial charge is 0.416 e. The first-order valence-corrected chi connectivity index (χ1v) is 9.41. The Morgan fingerprint density at radius 1 is 0.879 bits per heavy atom. The number of benzene rings is 1. The first-order valence-electron chi connectivity index (χ1n) is 9.41. The van der Waals surface area contributed by atoms with Gasteiger partial charge in [0.2, 0.25) is 5.78 Å². The highest BCUT2D eigenvalue weighted by atomic mass is 19.4. The van der Waals surface area contributed by atoms with Crippen LogP contribution in [-0.4, -0.2) is 28.5 Å². The molecule has 1 aromatic carbocycles. The number of hydrogen-bond acceptors (Lipinski definition) is 4. The van der Waals surface area contributed by atoms with Gasteiger partial charge in [-0.1, -0.05) is 0 Å². The number of hydrogen-bond donors (Lipinski definition) is 0. The summed E-state index contributed by atoms with van der Waals surface area (Å²) in [6.07, 6.45) is -9.05. The van der Waals surface area contributed by atoms with Crippen LogP contribution >= 0.6 is 0 Å². The predicted molar refractivity (Wildman–Crippen MR) is 103 cm³/mol. The van der Waals surface area contributed by atoms with Crippen molar-refractivity contribution in [1.29, 1.82) is 0 Å². The molecular weight excluding hydrogens is 456 g/mol. The molecule has 174 valence electrons. The number of alkyl halides is 6. The molecule has 0 saturated heterocycles. The molecule has 0 aliphatic heterocycles. The van der Waals surface area contributed by atoms with Crippen LogP contribution < -0.4 is 0 Å². The van der Waals surface area contributed by atoms with Gasteiger partial charge in [-0.25, -0.2) is 4.79 Å². The molecule has 0 fully saturated rings. The van der Waals surface area contributed by atoms with Crippen molar-refractivity contribution in [3.63, 3.8) is 0 Å². The fourth-order valence-corrected chi connectivity index (χ4v) is 3.20. The van der Waals surface area contributed by atoms with E-state index in [0.29, 0.717) is 12.1 Å². The minimum Gasteiger partial charge on any atom is -0.462 e. The summed E-state index contributed by atoms with van der Waals surface area (Å²) in [5.74, 6) is -2.43. The molecule has 0 spiro atoms. The molecule has 0 N–H and O–H groups in total. The van der Waals surface area contributed by atoms with E-state index in [9.17, 15) is 40.7 Å². The largest absolute Gasteiger partial charge is 0.462 e. The van der Waals surface area contributed by atoms with E-state index in [1.54, 1.807) is 0 Å². The molecule has 0 atom stereocenters. The minimum absolute atomic E-state index is 0.0333. The number of carbonyl (C=O) groups excluding carboxylic acids is 3. The number of rotatable bonds is 5. The van der Waals surface area contributed by atoms with Gasteiger partial charge in [0.25, 0.3) is 0 Å². The lowest BCUT2D eigenvalue weighted by molar-refractivity contribution is -0.143. The summed E-state index contributed by atoms with van der Waals surface area (Å²) in [4.78, 5) is 37.1. The van der Waals surface area contributed by atoms with Crippen LogP contribution in [0, 0.1) is 0 Å². The monoisotopic (exact) mass is 471 g/mol. The van der Waals surface area contributed by atoms with Crippen LogP contribution in [0.4, 0.5) is 26.3 Å². The van der Waals surface area contributed by atoms with E-state index in [0.717, 1.165) is 10.5 Å². The normalized spacial score (nSPS) is 12.1. The van der Waals surface area contributed by atoms with Gasteiger partial charge in [-0.2, -0.15) is 26.3 Å². The molecule has 2 heterocycles. The lowest BCUT2D eigenvalue weighted by atomic mass is 10.0. The van der Waals surface area contributed by atoms with E-state index in [1.807, 2.05) is 0 Å². The van der Waals surface area contributed by atoms with Crippen molar-refractivity contribution in [3.8, 4) is 0 Å². The van der Waals surface area contributed by atoms with E-state index in [-0.39, 0.29) is 40.8 Å². The van der Waals surface area contributed by atoms with Crippen molar-refractivity contribution in [2.45, 2.75) is 26.2 Å². The molecule has 0 unspecified atom stereocenters. The molecule has 0 saturated carbocycles. The van der Waals surface area contributed by atoms with Gasteiger partial charge in [0, 0.05) is 17.3 Å². The van der Waals surface area contributed by atoms with Gasteiger partial charge in [0.05, 0.1) is 34.5 Å². The van der Waals surface area contributed by atoms with Crippen LogP contribution in [-0.2, 0) is 17.1 Å². The SMILES string of the molecule is CCOC(=O)c1cc(C(=O)c2cc(C(F)(F)F)cc(C(F)(F)F)c2)n2ccc(C(C)=O)cc12. The number of ether oxygens (including phenoxy) is 1. The molecule has 0 aliphatic rings. The Labute approximate surface area is 182 Å². The zero-order chi connectivity index (χ0) is 24.7. The topological polar surface area (TPSA) is 64.8 Å². The van der Waals surface area contributed by atoms with Crippen molar-refractivity contribution in [1.82, 2.24) is 4.40 Å². The van der Waals surface area contributed by atoms with Gasteiger partial charge in [-0.15, -0.1) is 0 Å². The average Bonchev–Trinajstić information content (AvgIpc) is 3.10. The zero-order valence-electron chi connectivity index (χ0n) is 17.1. The molecule has 3 rings (SSSR count). The number of nitrogens with zero attached hydrogens (tertiary/aromatic N) is 1. The maximum atomic E-state index is 13.2. The van der Waals surface area contributed by atoms with Crippen molar-refractivity contribution < 1.29 is 45.5 Å². The third kappa shape index (κ3) is 4.76. The Hall–Kier alpha value is -3.63. The predicted octanol–water partition coefficient (Wildman–Crippen LogP) is 5.59. The van der Waals surface area contributed by atoms with Gasteiger partial charge in [0.15, 0.2) is 5.78 Å². The number of pyridine rings is 1. The Bertz CT molecular complexity index is 1240. The molecule has 0 amide bonds. The lowest BCUT2D eigenvalue weighted by Gasteiger charge is -2.14. The van der Waals surface area contributed by atoms with Crippen LogP contribution in [0.3, 0.4) is 0 Å². The van der Waals surface area contributed by atoms with E-state index < -0.39 is 40.8 Å². The first-order chi connectivity index (χ1) is 15.2. The highest BCUT2D eigenvalue weighted by Crippen LogP contribution is 2.37. The maximum absolute atomic E-state index is 13.2. The average molecular weight is 471 g/mol.